The van der Waals surface area contributed by atoms with E-state index in [9.17, 15) is 9.59 Å². The number of rotatable bonds is 4. The number of hydrazine groups is 1. The number of ether oxygens (including phenoxy) is 1. The van der Waals surface area contributed by atoms with E-state index in [1.54, 1.807) is 24.6 Å². The van der Waals surface area contributed by atoms with Gasteiger partial charge in [-0.3, -0.25) is 23.9 Å². The van der Waals surface area contributed by atoms with Crippen LogP contribution in [0, 0.1) is 0 Å². The van der Waals surface area contributed by atoms with Gasteiger partial charge in [0.15, 0.2) is 11.2 Å². The first-order valence-electron chi connectivity index (χ1n) is 7.98. The average Bonchev–Trinajstić information content (AvgIpc) is 2.95. The van der Waals surface area contributed by atoms with E-state index in [2.05, 4.69) is 10.4 Å². The van der Waals surface area contributed by atoms with Gasteiger partial charge in [0.25, 0.3) is 5.56 Å². The number of anilines is 1. The van der Waals surface area contributed by atoms with Gasteiger partial charge < -0.3 is 4.74 Å². The fraction of sp³-hybridized carbons (Fsp3) is 0.533. The summed E-state index contributed by atoms with van der Waals surface area (Å²) in [4.78, 5) is 29.3. The van der Waals surface area contributed by atoms with Crippen molar-refractivity contribution in [3.63, 3.8) is 0 Å². The first-order valence-corrected chi connectivity index (χ1v) is 8.36. The molecule has 0 atom stereocenters. The highest BCUT2D eigenvalue weighted by molar-refractivity contribution is 6.29. The highest BCUT2D eigenvalue weighted by Gasteiger charge is 2.20. The minimum Gasteiger partial charge on any atom is -0.379 e. The molecule has 0 saturated carbocycles. The Balaban J connectivity index is 2.17. The number of aryl methyl sites for hydroxylation is 1. The molecule has 2 aromatic rings. The topological polar surface area (TPSA) is 86.3 Å². The smallest absolute Gasteiger partial charge is 0.332 e. The monoisotopic (exact) mass is 368 g/mol. The van der Waals surface area contributed by atoms with Crippen LogP contribution in [0.3, 0.4) is 0 Å². The van der Waals surface area contributed by atoms with E-state index < -0.39 is 5.69 Å². The van der Waals surface area contributed by atoms with Gasteiger partial charge in [-0.2, -0.15) is 4.98 Å². The largest absolute Gasteiger partial charge is 0.379 e. The number of hydrogen-bond acceptors (Lipinski definition) is 6. The standard InChI is InChI=1S/C15H21ClN6O3/c1-10(16)4-5-22-11-12(19(2)15(24)20(3)13(11)23)17-14(22)18-21-6-8-25-9-7-21/h4H,5-9H2,1-3H3,(H,17,18)/b10-4-. The highest BCUT2D eigenvalue weighted by atomic mass is 35.5. The lowest BCUT2D eigenvalue weighted by atomic mass is 10.4. The quantitative estimate of drug-likeness (QED) is 0.831. The molecule has 0 aromatic carbocycles. The second-order valence-electron chi connectivity index (χ2n) is 5.93. The van der Waals surface area contributed by atoms with E-state index in [1.807, 2.05) is 5.01 Å². The lowest BCUT2D eigenvalue weighted by Crippen LogP contribution is -2.41. The first-order chi connectivity index (χ1) is 11.9. The summed E-state index contributed by atoms with van der Waals surface area (Å²) in [5.41, 5.74) is 3.12. The van der Waals surface area contributed by atoms with E-state index >= 15 is 0 Å². The Bertz CT molecular complexity index is 931. The third-order valence-electron chi connectivity index (χ3n) is 4.17. The van der Waals surface area contributed by atoms with Crippen LogP contribution in [0.25, 0.3) is 11.2 Å². The third-order valence-corrected chi connectivity index (χ3v) is 4.33. The summed E-state index contributed by atoms with van der Waals surface area (Å²) in [6.07, 6.45) is 1.79. The highest BCUT2D eigenvalue weighted by Crippen LogP contribution is 2.17. The van der Waals surface area contributed by atoms with E-state index in [0.717, 1.165) is 4.57 Å². The maximum Gasteiger partial charge on any atom is 0.332 e. The van der Waals surface area contributed by atoms with Crippen molar-refractivity contribution >= 4 is 28.7 Å². The van der Waals surface area contributed by atoms with Crippen molar-refractivity contribution < 1.29 is 4.74 Å². The number of nitrogens with zero attached hydrogens (tertiary/aromatic N) is 5. The summed E-state index contributed by atoms with van der Waals surface area (Å²) in [6.45, 7) is 4.77. The molecule has 1 aliphatic heterocycles. The molecule has 1 aliphatic rings. The van der Waals surface area contributed by atoms with E-state index in [4.69, 9.17) is 16.3 Å². The Morgan fingerprint density at radius 1 is 1.28 bits per heavy atom. The van der Waals surface area contributed by atoms with Crippen LogP contribution < -0.4 is 16.7 Å². The Morgan fingerprint density at radius 3 is 2.60 bits per heavy atom. The van der Waals surface area contributed by atoms with Gasteiger partial charge in [0.05, 0.1) is 13.2 Å². The molecule has 10 heteroatoms. The maximum absolute atomic E-state index is 12.6. The molecule has 25 heavy (non-hydrogen) atoms. The maximum atomic E-state index is 12.6. The van der Waals surface area contributed by atoms with Gasteiger partial charge >= 0.3 is 5.69 Å². The van der Waals surface area contributed by atoms with Crippen molar-refractivity contribution in [1.29, 1.82) is 0 Å². The summed E-state index contributed by atoms with van der Waals surface area (Å²) in [5.74, 6) is 0.490. The van der Waals surface area contributed by atoms with Gasteiger partial charge in [0.2, 0.25) is 5.95 Å². The lowest BCUT2D eigenvalue weighted by Gasteiger charge is -2.27. The molecule has 0 spiro atoms. The number of allylic oxidation sites excluding steroid dienone is 2. The fourth-order valence-corrected chi connectivity index (χ4v) is 2.81. The molecule has 1 fully saturated rings. The van der Waals surface area contributed by atoms with Crippen molar-refractivity contribution in [3.8, 4) is 0 Å². The van der Waals surface area contributed by atoms with Gasteiger partial charge in [-0.25, -0.2) is 9.80 Å². The summed E-state index contributed by atoms with van der Waals surface area (Å²) in [5, 5.41) is 2.59. The number of nitrogens with one attached hydrogen (secondary N) is 1. The molecule has 0 radical (unpaired) electrons. The van der Waals surface area contributed by atoms with Crippen LogP contribution in [-0.4, -0.2) is 50.0 Å². The van der Waals surface area contributed by atoms with Crippen LogP contribution >= 0.6 is 11.6 Å². The molecule has 1 N–H and O–H groups in total. The van der Waals surface area contributed by atoms with Gasteiger partial charge in [-0.1, -0.05) is 17.7 Å². The number of halogens is 1. The molecule has 0 aliphatic carbocycles. The SMILES string of the molecule is C/C(Cl)=C/Cn1c(NN2CCOCC2)nc2c1c(=O)n(C)c(=O)n2C. The van der Waals surface area contributed by atoms with Crippen molar-refractivity contribution in [2.75, 3.05) is 31.7 Å². The second kappa shape index (κ2) is 7.03. The fourth-order valence-electron chi connectivity index (χ4n) is 2.74. The molecule has 2 aromatic heterocycles. The number of aromatic nitrogens is 4. The number of imidazole rings is 1. The predicted octanol–water partition coefficient (Wildman–Crippen LogP) is 0.235. The number of fused-ring (bicyclic) bond motifs is 1. The van der Waals surface area contributed by atoms with Crippen LogP contribution in [0.2, 0.25) is 0 Å². The Kier molecular flexibility index (Phi) is 4.98. The molecule has 1 saturated heterocycles. The van der Waals surface area contributed by atoms with Gasteiger partial charge in [-0.05, 0) is 6.92 Å². The molecule has 0 bridgehead atoms. The van der Waals surface area contributed by atoms with E-state index in [1.165, 1.54) is 11.6 Å². The molecule has 3 heterocycles. The minimum atomic E-state index is -0.413. The van der Waals surface area contributed by atoms with E-state index in [0.29, 0.717) is 55.0 Å². The zero-order chi connectivity index (χ0) is 18.1. The normalized spacial score (nSPS) is 16.6. The van der Waals surface area contributed by atoms with Crippen LogP contribution in [0.5, 0.6) is 0 Å². The molecule has 136 valence electrons. The Hall–Kier alpha value is -2.10. The van der Waals surface area contributed by atoms with Crippen molar-refractivity contribution in [2.24, 2.45) is 14.1 Å². The van der Waals surface area contributed by atoms with Crippen molar-refractivity contribution in [2.45, 2.75) is 13.5 Å². The Labute approximate surface area is 149 Å². The first kappa shape index (κ1) is 17.7. The second-order valence-corrected chi connectivity index (χ2v) is 6.52. The third kappa shape index (κ3) is 3.35. The van der Waals surface area contributed by atoms with Crippen LogP contribution in [-0.2, 0) is 25.4 Å². The summed E-state index contributed by atoms with van der Waals surface area (Å²) in [7, 11) is 3.06. The average molecular weight is 369 g/mol. The lowest BCUT2D eigenvalue weighted by molar-refractivity contribution is 0.0491. The predicted molar refractivity (Wildman–Crippen MR) is 95.8 cm³/mol. The molecular formula is C15H21ClN6O3. The van der Waals surface area contributed by atoms with Crippen LogP contribution in [0.1, 0.15) is 6.92 Å². The van der Waals surface area contributed by atoms with Crippen molar-refractivity contribution in [3.05, 3.63) is 31.9 Å². The van der Waals surface area contributed by atoms with E-state index in [-0.39, 0.29) is 5.56 Å². The molecular weight excluding hydrogens is 348 g/mol. The zero-order valence-corrected chi connectivity index (χ0v) is 15.2. The number of morpholine rings is 1. The van der Waals surface area contributed by atoms with Gasteiger partial charge in [0, 0.05) is 38.8 Å². The van der Waals surface area contributed by atoms with Gasteiger partial charge in [0.1, 0.15) is 0 Å². The van der Waals surface area contributed by atoms with Gasteiger partial charge in [-0.15, -0.1) is 0 Å². The zero-order valence-electron chi connectivity index (χ0n) is 14.5. The molecule has 0 unspecified atom stereocenters. The van der Waals surface area contributed by atoms with Crippen LogP contribution in [0.4, 0.5) is 5.95 Å². The molecule has 9 nitrogen and oxygen atoms in total. The summed E-state index contributed by atoms with van der Waals surface area (Å²) < 4.78 is 9.52. The molecule has 3 rings (SSSR count). The number of hydrogen-bond donors (Lipinski definition) is 1. The van der Waals surface area contributed by atoms with Crippen molar-refractivity contribution in [1.82, 2.24) is 23.7 Å². The summed E-state index contributed by atoms with van der Waals surface area (Å²) >= 11 is 5.96. The van der Waals surface area contributed by atoms with Crippen LogP contribution in [0.15, 0.2) is 20.7 Å². The summed E-state index contributed by atoms with van der Waals surface area (Å²) in [6, 6.07) is 0. The molecule has 0 amide bonds. The minimum absolute atomic E-state index is 0.337. The Morgan fingerprint density at radius 2 is 1.96 bits per heavy atom.